The van der Waals surface area contributed by atoms with Gasteiger partial charge in [0.1, 0.15) is 11.3 Å². The number of nitrogens with zero attached hydrogens (tertiary/aromatic N) is 7. The van der Waals surface area contributed by atoms with Crippen LogP contribution in [-0.4, -0.2) is 57.4 Å². The van der Waals surface area contributed by atoms with E-state index in [1.54, 1.807) is 4.40 Å². The fourth-order valence-electron chi connectivity index (χ4n) is 3.36. The standard InChI is InChI=1S/C19H24N8O/c1-13-16(27-11-5-4-8-15(27)21-13)17(28)20-12-14-22-18(25(2)3)24-19(23-14)26-9-6-7-10-26/h4-5,8,11H,6-7,9-10,12H2,1-3H3,(H,20,28). The number of fused-ring (bicyclic) bond motifs is 1. The fourth-order valence-corrected chi connectivity index (χ4v) is 3.36. The van der Waals surface area contributed by atoms with Crippen molar-refractivity contribution in [2.45, 2.75) is 26.3 Å². The van der Waals surface area contributed by atoms with Crippen LogP contribution in [0.5, 0.6) is 0 Å². The van der Waals surface area contributed by atoms with E-state index in [2.05, 4.69) is 30.2 Å². The lowest BCUT2D eigenvalue weighted by atomic mass is 10.3. The summed E-state index contributed by atoms with van der Waals surface area (Å²) >= 11 is 0. The molecule has 9 nitrogen and oxygen atoms in total. The number of imidazole rings is 1. The summed E-state index contributed by atoms with van der Waals surface area (Å²) < 4.78 is 1.79. The average Bonchev–Trinajstić information content (AvgIpc) is 3.33. The summed E-state index contributed by atoms with van der Waals surface area (Å²) in [4.78, 5) is 34.9. The van der Waals surface area contributed by atoms with Gasteiger partial charge < -0.3 is 15.1 Å². The smallest absolute Gasteiger partial charge is 0.270 e. The van der Waals surface area contributed by atoms with Crippen molar-refractivity contribution in [1.82, 2.24) is 29.7 Å². The lowest BCUT2D eigenvalue weighted by Gasteiger charge is -2.19. The largest absolute Gasteiger partial charge is 0.347 e. The van der Waals surface area contributed by atoms with Crippen LogP contribution in [0, 0.1) is 6.92 Å². The minimum absolute atomic E-state index is 0.203. The first-order valence-corrected chi connectivity index (χ1v) is 9.42. The molecule has 0 bridgehead atoms. The Morgan fingerprint density at radius 2 is 1.93 bits per heavy atom. The van der Waals surface area contributed by atoms with Crippen LogP contribution in [0.2, 0.25) is 0 Å². The van der Waals surface area contributed by atoms with E-state index >= 15 is 0 Å². The number of nitrogens with one attached hydrogen (secondary N) is 1. The third-order valence-electron chi connectivity index (χ3n) is 4.77. The average molecular weight is 380 g/mol. The van der Waals surface area contributed by atoms with Gasteiger partial charge in [0.25, 0.3) is 5.91 Å². The van der Waals surface area contributed by atoms with Gasteiger partial charge in [-0.15, -0.1) is 0 Å². The molecule has 0 aliphatic carbocycles. The Morgan fingerprint density at radius 1 is 1.14 bits per heavy atom. The molecule has 3 aromatic rings. The van der Waals surface area contributed by atoms with Crippen LogP contribution in [-0.2, 0) is 6.54 Å². The lowest BCUT2D eigenvalue weighted by molar-refractivity contribution is 0.0943. The molecule has 1 aliphatic heterocycles. The van der Waals surface area contributed by atoms with Crippen LogP contribution in [0.3, 0.4) is 0 Å². The van der Waals surface area contributed by atoms with Gasteiger partial charge in [0.05, 0.1) is 12.2 Å². The maximum absolute atomic E-state index is 12.8. The zero-order valence-corrected chi connectivity index (χ0v) is 16.4. The number of hydrogen-bond donors (Lipinski definition) is 1. The second-order valence-electron chi connectivity index (χ2n) is 7.10. The van der Waals surface area contributed by atoms with Crippen molar-refractivity contribution in [3.8, 4) is 0 Å². The quantitative estimate of drug-likeness (QED) is 0.716. The van der Waals surface area contributed by atoms with E-state index in [0.29, 0.717) is 29.1 Å². The van der Waals surface area contributed by atoms with Crippen LogP contribution >= 0.6 is 0 Å². The molecule has 0 aromatic carbocycles. The monoisotopic (exact) mass is 380 g/mol. The SMILES string of the molecule is Cc1nc2ccccn2c1C(=O)NCc1nc(N(C)C)nc(N2CCCC2)n1. The highest BCUT2D eigenvalue weighted by Gasteiger charge is 2.20. The van der Waals surface area contributed by atoms with Gasteiger partial charge in [-0.05, 0) is 31.9 Å². The van der Waals surface area contributed by atoms with Gasteiger partial charge in [0.2, 0.25) is 11.9 Å². The van der Waals surface area contributed by atoms with Gasteiger partial charge in [-0.2, -0.15) is 15.0 Å². The molecule has 0 saturated carbocycles. The maximum atomic E-state index is 12.8. The number of aryl methyl sites for hydroxylation is 1. The summed E-state index contributed by atoms with van der Waals surface area (Å²) in [6.45, 7) is 3.95. The zero-order valence-electron chi connectivity index (χ0n) is 16.4. The lowest BCUT2D eigenvalue weighted by Crippen LogP contribution is -2.28. The molecule has 1 aliphatic rings. The minimum atomic E-state index is -0.203. The third kappa shape index (κ3) is 3.47. The van der Waals surface area contributed by atoms with Crippen LogP contribution in [0.1, 0.15) is 34.8 Å². The highest BCUT2D eigenvalue weighted by Crippen LogP contribution is 2.18. The molecule has 146 valence electrons. The summed E-state index contributed by atoms with van der Waals surface area (Å²) in [5, 5.41) is 2.93. The van der Waals surface area contributed by atoms with E-state index in [-0.39, 0.29) is 12.5 Å². The van der Waals surface area contributed by atoms with E-state index < -0.39 is 0 Å². The normalized spacial score (nSPS) is 13.9. The first-order chi connectivity index (χ1) is 13.5. The van der Waals surface area contributed by atoms with Crippen molar-refractivity contribution < 1.29 is 4.79 Å². The molecular weight excluding hydrogens is 356 g/mol. The number of hydrogen-bond acceptors (Lipinski definition) is 7. The summed E-state index contributed by atoms with van der Waals surface area (Å²) in [5.41, 5.74) is 1.96. The third-order valence-corrected chi connectivity index (χ3v) is 4.77. The van der Waals surface area contributed by atoms with Crippen LogP contribution in [0.15, 0.2) is 24.4 Å². The molecule has 4 heterocycles. The van der Waals surface area contributed by atoms with Gasteiger partial charge in [-0.1, -0.05) is 6.07 Å². The predicted molar refractivity (Wildman–Crippen MR) is 107 cm³/mol. The molecule has 0 spiro atoms. The molecule has 3 aromatic heterocycles. The minimum Gasteiger partial charge on any atom is -0.347 e. The Bertz CT molecular complexity index is 1010. The highest BCUT2D eigenvalue weighted by atomic mass is 16.2. The van der Waals surface area contributed by atoms with Crippen molar-refractivity contribution in [2.75, 3.05) is 37.0 Å². The molecule has 28 heavy (non-hydrogen) atoms. The Labute approximate surface area is 163 Å². The Kier molecular flexibility index (Phi) is 4.81. The van der Waals surface area contributed by atoms with E-state index in [0.717, 1.165) is 31.6 Å². The number of pyridine rings is 1. The zero-order chi connectivity index (χ0) is 19.7. The first kappa shape index (κ1) is 18.1. The fraction of sp³-hybridized carbons (Fsp3) is 0.421. The van der Waals surface area contributed by atoms with E-state index in [1.807, 2.05) is 50.3 Å². The van der Waals surface area contributed by atoms with Crippen molar-refractivity contribution in [3.05, 3.63) is 41.6 Å². The van der Waals surface area contributed by atoms with Gasteiger partial charge in [-0.25, -0.2) is 4.98 Å². The number of carbonyl (C=O) groups is 1. The van der Waals surface area contributed by atoms with Crippen LogP contribution < -0.4 is 15.1 Å². The van der Waals surface area contributed by atoms with E-state index in [4.69, 9.17) is 0 Å². The van der Waals surface area contributed by atoms with Gasteiger partial charge >= 0.3 is 0 Å². The molecule has 9 heteroatoms. The first-order valence-electron chi connectivity index (χ1n) is 9.42. The second-order valence-corrected chi connectivity index (χ2v) is 7.10. The summed E-state index contributed by atoms with van der Waals surface area (Å²) in [6, 6.07) is 5.65. The van der Waals surface area contributed by atoms with Crippen LogP contribution in [0.25, 0.3) is 5.65 Å². The number of amides is 1. The molecule has 4 rings (SSSR count). The number of rotatable bonds is 5. The van der Waals surface area contributed by atoms with Crippen LogP contribution in [0.4, 0.5) is 11.9 Å². The van der Waals surface area contributed by atoms with Gasteiger partial charge in [0, 0.05) is 33.4 Å². The Hall–Kier alpha value is -3.23. The topological polar surface area (TPSA) is 91.6 Å². The molecule has 0 unspecified atom stereocenters. The molecule has 1 amide bonds. The Morgan fingerprint density at radius 3 is 2.68 bits per heavy atom. The maximum Gasteiger partial charge on any atom is 0.270 e. The second kappa shape index (κ2) is 7.41. The molecule has 1 fully saturated rings. The molecule has 0 atom stereocenters. The van der Waals surface area contributed by atoms with Gasteiger partial charge in [0.15, 0.2) is 5.82 Å². The van der Waals surface area contributed by atoms with E-state index in [1.165, 1.54) is 0 Å². The Balaban J connectivity index is 1.56. The predicted octanol–water partition coefficient (Wildman–Crippen LogP) is 1.42. The number of carbonyl (C=O) groups excluding carboxylic acids is 1. The molecule has 0 radical (unpaired) electrons. The van der Waals surface area contributed by atoms with Crippen molar-refractivity contribution in [3.63, 3.8) is 0 Å². The van der Waals surface area contributed by atoms with Crippen molar-refractivity contribution >= 4 is 23.5 Å². The molecular formula is C19H24N8O. The number of anilines is 2. The summed E-state index contributed by atoms with van der Waals surface area (Å²) in [6.07, 6.45) is 4.12. The van der Waals surface area contributed by atoms with Gasteiger partial charge in [-0.3, -0.25) is 9.20 Å². The van der Waals surface area contributed by atoms with Crippen molar-refractivity contribution in [2.24, 2.45) is 0 Å². The molecule has 1 N–H and O–H groups in total. The number of aromatic nitrogens is 5. The summed E-state index contributed by atoms with van der Waals surface area (Å²) in [7, 11) is 3.79. The molecule has 1 saturated heterocycles. The van der Waals surface area contributed by atoms with E-state index in [9.17, 15) is 4.79 Å². The highest BCUT2D eigenvalue weighted by molar-refractivity contribution is 5.94. The summed E-state index contributed by atoms with van der Waals surface area (Å²) in [5.74, 6) is 1.60. The van der Waals surface area contributed by atoms with Crippen molar-refractivity contribution in [1.29, 1.82) is 0 Å².